The quantitative estimate of drug-likeness (QED) is 0.899. The molecule has 1 aliphatic heterocycles. The van der Waals surface area contributed by atoms with Crippen molar-refractivity contribution in [3.63, 3.8) is 0 Å². The molecule has 124 valence electrons. The van der Waals surface area contributed by atoms with E-state index in [0.29, 0.717) is 0 Å². The molecule has 0 radical (unpaired) electrons. The Bertz CT molecular complexity index is 706. The molecule has 0 spiro atoms. The van der Waals surface area contributed by atoms with Gasteiger partial charge in [0.2, 0.25) is 0 Å². The van der Waals surface area contributed by atoms with Crippen LogP contribution in [0, 0.1) is 0 Å². The molecule has 3 rings (SSSR count). The topological polar surface area (TPSA) is 24.5 Å². The second kappa shape index (κ2) is 5.72. The van der Waals surface area contributed by atoms with Crippen molar-refractivity contribution in [2.24, 2.45) is 0 Å². The van der Waals surface area contributed by atoms with Gasteiger partial charge in [-0.1, -0.05) is 12.1 Å². The van der Waals surface area contributed by atoms with Crippen LogP contribution in [0.15, 0.2) is 36.4 Å². The Morgan fingerprint density at radius 2 is 1.65 bits per heavy atom. The SMILES string of the molecule is COc1ccc2cc(N3CCC(C)(C)NC(C)(C)C3)ccc2c1. The van der Waals surface area contributed by atoms with Gasteiger partial charge in [0.25, 0.3) is 0 Å². The van der Waals surface area contributed by atoms with Gasteiger partial charge in [0.1, 0.15) is 5.75 Å². The second-order valence-electron chi connectivity index (χ2n) is 7.96. The average molecular weight is 312 g/mol. The zero-order valence-corrected chi connectivity index (χ0v) is 14.9. The molecule has 0 bridgehead atoms. The Labute approximate surface area is 139 Å². The summed E-state index contributed by atoms with van der Waals surface area (Å²) in [4.78, 5) is 2.51. The summed E-state index contributed by atoms with van der Waals surface area (Å²) in [5, 5.41) is 6.27. The third kappa shape index (κ3) is 3.61. The lowest BCUT2D eigenvalue weighted by atomic mass is 9.96. The van der Waals surface area contributed by atoms with Crippen LogP contribution in [0.25, 0.3) is 10.8 Å². The van der Waals surface area contributed by atoms with Gasteiger partial charge in [-0.25, -0.2) is 0 Å². The molecule has 1 N–H and O–H groups in total. The lowest BCUT2D eigenvalue weighted by molar-refractivity contribution is 0.284. The van der Waals surface area contributed by atoms with Crippen LogP contribution in [0.1, 0.15) is 34.1 Å². The molecule has 2 aromatic rings. The number of hydrogen-bond acceptors (Lipinski definition) is 3. The molecule has 2 aromatic carbocycles. The summed E-state index contributed by atoms with van der Waals surface area (Å²) in [7, 11) is 1.71. The molecule has 0 aromatic heterocycles. The van der Waals surface area contributed by atoms with Crippen molar-refractivity contribution in [1.82, 2.24) is 5.32 Å². The van der Waals surface area contributed by atoms with Crippen molar-refractivity contribution in [1.29, 1.82) is 0 Å². The van der Waals surface area contributed by atoms with Crippen molar-refractivity contribution in [2.75, 3.05) is 25.1 Å². The third-order valence-corrected chi connectivity index (χ3v) is 4.67. The highest BCUT2D eigenvalue weighted by molar-refractivity contribution is 5.87. The maximum atomic E-state index is 5.32. The Balaban J connectivity index is 1.93. The summed E-state index contributed by atoms with van der Waals surface area (Å²) < 4.78 is 5.32. The number of fused-ring (bicyclic) bond motifs is 1. The molecule has 0 atom stereocenters. The number of nitrogens with zero attached hydrogens (tertiary/aromatic N) is 1. The first-order valence-electron chi connectivity index (χ1n) is 8.40. The fourth-order valence-electron chi connectivity index (χ4n) is 3.74. The number of benzene rings is 2. The maximum absolute atomic E-state index is 5.32. The van der Waals surface area contributed by atoms with Crippen LogP contribution in [-0.2, 0) is 0 Å². The number of nitrogens with one attached hydrogen (secondary N) is 1. The fraction of sp³-hybridized carbons (Fsp3) is 0.500. The Hall–Kier alpha value is -1.74. The van der Waals surface area contributed by atoms with E-state index in [9.17, 15) is 0 Å². The minimum Gasteiger partial charge on any atom is -0.497 e. The highest BCUT2D eigenvalue weighted by Crippen LogP contribution is 2.29. The zero-order valence-electron chi connectivity index (χ0n) is 14.9. The summed E-state index contributed by atoms with van der Waals surface area (Å²) in [5.41, 5.74) is 1.56. The largest absolute Gasteiger partial charge is 0.497 e. The summed E-state index contributed by atoms with van der Waals surface area (Å²) in [6, 6.07) is 13.0. The number of anilines is 1. The number of hydrogen-bond donors (Lipinski definition) is 1. The predicted octanol–water partition coefficient (Wildman–Crippen LogP) is 4.21. The van der Waals surface area contributed by atoms with Crippen molar-refractivity contribution in [3.05, 3.63) is 36.4 Å². The monoisotopic (exact) mass is 312 g/mol. The van der Waals surface area contributed by atoms with E-state index in [4.69, 9.17) is 4.74 Å². The molecule has 0 saturated carbocycles. The highest BCUT2D eigenvalue weighted by Gasteiger charge is 2.33. The Morgan fingerprint density at radius 1 is 0.957 bits per heavy atom. The Morgan fingerprint density at radius 3 is 2.39 bits per heavy atom. The number of methoxy groups -OCH3 is 1. The van der Waals surface area contributed by atoms with E-state index >= 15 is 0 Å². The van der Waals surface area contributed by atoms with E-state index in [1.54, 1.807) is 7.11 Å². The lowest BCUT2D eigenvalue weighted by Crippen LogP contribution is -2.53. The van der Waals surface area contributed by atoms with Crippen LogP contribution < -0.4 is 15.0 Å². The van der Waals surface area contributed by atoms with Gasteiger partial charge in [0.05, 0.1) is 7.11 Å². The van der Waals surface area contributed by atoms with E-state index in [1.807, 2.05) is 6.07 Å². The van der Waals surface area contributed by atoms with Gasteiger partial charge in [-0.3, -0.25) is 0 Å². The smallest absolute Gasteiger partial charge is 0.119 e. The van der Waals surface area contributed by atoms with Crippen LogP contribution in [-0.4, -0.2) is 31.3 Å². The molecule has 0 aliphatic carbocycles. The molecular weight excluding hydrogens is 284 g/mol. The highest BCUT2D eigenvalue weighted by atomic mass is 16.5. The minimum absolute atomic E-state index is 0.0921. The van der Waals surface area contributed by atoms with E-state index in [-0.39, 0.29) is 11.1 Å². The van der Waals surface area contributed by atoms with Crippen LogP contribution >= 0.6 is 0 Å². The van der Waals surface area contributed by atoms with Crippen LogP contribution in [0.3, 0.4) is 0 Å². The van der Waals surface area contributed by atoms with Gasteiger partial charge in [-0.15, -0.1) is 0 Å². The van der Waals surface area contributed by atoms with E-state index in [1.165, 1.54) is 16.5 Å². The summed E-state index contributed by atoms with van der Waals surface area (Å²) >= 11 is 0. The average Bonchev–Trinajstić information content (AvgIpc) is 2.60. The lowest BCUT2D eigenvalue weighted by Gasteiger charge is -2.35. The predicted molar refractivity (Wildman–Crippen MR) is 98.6 cm³/mol. The van der Waals surface area contributed by atoms with Gasteiger partial charge in [0.15, 0.2) is 0 Å². The van der Waals surface area contributed by atoms with Crippen molar-refractivity contribution in [3.8, 4) is 5.75 Å². The molecule has 1 aliphatic rings. The summed E-state index contributed by atoms with van der Waals surface area (Å²) in [6.07, 6.45) is 1.14. The second-order valence-corrected chi connectivity index (χ2v) is 7.96. The first-order chi connectivity index (χ1) is 10.8. The van der Waals surface area contributed by atoms with Crippen LogP contribution in [0.2, 0.25) is 0 Å². The molecular formula is C20H28N2O. The standard InChI is InChI=1S/C20H28N2O/c1-19(2)10-11-22(14-20(3,4)21-19)17-8-6-16-13-18(23-5)9-7-15(16)12-17/h6-9,12-13,21H,10-11,14H2,1-5H3. The van der Waals surface area contributed by atoms with Crippen LogP contribution in [0.5, 0.6) is 5.75 Å². The minimum atomic E-state index is 0.0921. The number of rotatable bonds is 2. The molecule has 1 fully saturated rings. The van der Waals surface area contributed by atoms with E-state index < -0.39 is 0 Å². The first kappa shape index (κ1) is 16.1. The third-order valence-electron chi connectivity index (χ3n) is 4.67. The molecule has 23 heavy (non-hydrogen) atoms. The van der Waals surface area contributed by atoms with Crippen molar-refractivity contribution >= 4 is 16.5 Å². The zero-order chi connectivity index (χ0) is 16.7. The molecule has 0 unspecified atom stereocenters. The van der Waals surface area contributed by atoms with Gasteiger partial charge < -0.3 is 15.0 Å². The van der Waals surface area contributed by atoms with Gasteiger partial charge in [-0.05, 0) is 69.2 Å². The molecule has 0 amide bonds. The molecule has 1 saturated heterocycles. The normalized spacial score (nSPS) is 20.3. The summed E-state index contributed by atoms with van der Waals surface area (Å²) in [6.45, 7) is 11.3. The van der Waals surface area contributed by atoms with Gasteiger partial charge in [-0.2, -0.15) is 0 Å². The molecule has 3 heteroatoms. The van der Waals surface area contributed by atoms with Crippen LogP contribution in [0.4, 0.5) is 5.69 Å². The van der Waals surface area contributed by atoms with Crippen molar-refractivity contribution < 1.29 is 4.74 Å². The van der Waals surface area contributed by atoms with E-state index in [2.05, 4.69) is 68.2 Å². The Kier molecular flexibility index (Phi) is 4.01. The maximum Gasteiger partial charge on any atom is 0.119 e. The van der Waals surface area contributed by atoms with E-state index in [0.717, 1.165) is 25.3 Å². The molecule has 3 nitrogen and oxygen atoms in total. The van der Waals surface area contributed by atoms with Gasteiger partial charge in [0, 0.05) is 29.9 Å². The fourth-order valence-corrected chi connectivity index (χ4v) is 3.74. The summed E-state index contributed by atoms with van der Waals surface area (Å²) in [5.74, 6) is 0.909. The first-order valence-corrected chi connectivity index (χ1v) is 8.40. The van der Waals surface area contributed by atoms with Gasteiger partial charge >= 0.3 is 0 Å². The molecule has 1 heterocycles. The number of ether oxygens (including phenoxy) is 1. The van der Waals surface area contributed by atoms with Crippen molar-refractivity contribution in [2.45, 2.75) is 45.2 Å².